The van der Waals surface area contributed by atoms with Crippen LogP contribution in [0.5, 0.6) is 5.75 Å². The molecule has 4 heteroatoms. The number of nitrogens with zero attached hydrogens (tertiary/aromatic N) is 2. The number of likely N-dealkylation sites (tertiary alicyclic amines) is 1. The highest BCUT2D eigenvalue weighted by Crippen LogP contribution is 2.50. The largest absolute Gasteiger partial charge is 0.489 e. The zero-order valence-corrected chi connectivity index (χ0v) is 14.6. The normalized spacial score (nSPS) is 19.5. The second kappa shape index (κ2) is 6.51. The van der Waals surface area contributed by atoms with Crippen LogP contribution in [-0.2, 0) is 0 Å². The van der Waals surface area contributed by atoms with Gasteiger partial charge in [0.2, 0.25) is 0 Å². The predicted molar refractivity (Wildman–Crippen MR) is 96.6 cm³/mol. The minimum Gasteiger partial charge on any atom is -0.489 e. The number of amides is 1. The Kier molecular flexibility index (Phi) is 4.20. The number of benzene rings is 1. The van der Waals surface area contributed by atoms with Crippen molar-refractivity contribution in [3.8, 4) is 5.75 Å². The number of hydrogen-bond donors (Lipinski definition) is 0. The molecule has 1 aliphatic carbocycles. The third kappa shape index (κ3) is 3.39. The van der Waals surface area contributed by atoms with Crippen molar-refractivity contribution in [2.24, 2.45) is 5.41 Å². The van der Waals surface area contributed by atoms with E-state index in [0.717, 1.165) is 50.1 Å². The van der Waals surface area contributed by atoms with Crippen molar-refractivity contribution < 1.29 is 9.53 Å². The molecule has 0 radical (unpaired) electrons. The number of carbonyl (C=O) groups is 1. The van der Waals surface area contributed by atoms with E-state index in [2.05, 4.69) is 4.98 Å². The Morgan fingerprint density at radius 2 is 1.88 bits per heavy atom. The number of hydrogen-bond acceptors (Lipinski definition) is 3. The minimum absolute atomic E-state index is 0.164. The Bertz CT molecular complexity index is 726. The molecule has 1 spiro atoms. The van der Waals surface area contributed by atoms with Gasteiger partial charge in [-0.2, -0.15) is 0 Å². The van der Waals surface area contributed by atoms with Gasteiger partial charge in [0.15, 0.2) is 0 Å². The molecule has 0 N–H and O–H groups in total. The lowest BCUT2D eigenvalue weighted by Crippen LogP contribution is -2.52. The van der Waals surface area contributed by atoms with Gasteiger partial charge in [0.25, 0.3) is 5.91 Å². The van der Waals surface area contributed by atoms with Crippen molar-refractivity contribution in [1.29, 1.82) is 0 Å². The van der Waals surface area contributed by atoms with Crippen LogP contribution in [-0.4, -0.2) is 35.0 Å². The molecule has 25 heavy (non-hydrogen) atoms. The molecule has 0 atom stereocenters. The Labute approximate surface area is 148 Å². The van der Waals surface area contributed by atoms with Crippen LogP contribution in [0.3, 0.4) is 0 Å². The number of pyridine rings is 1. The number of aromatic nitrogens is 1. The average molecular weight is 336 g/mol. The second-order valence-corrected chi connectivity index (χ2v) is 7.50. The summed E-state index contributed by atoms with van der Waals surface area (Å²) in [6.07, 6.45) is 8.17. The van der Waals surface area contributed by atoms with Gasteiger partial charge in [-0.05, 0) is 62.3 Å². The third-order valence-corrected chi connectivity index (χ3v) is 5.67. The molecular formula is C21H24N2O2. The molecule has 1 aromatic heterocycles. The topological polar surface area (TPSA) is 42.4 Å². The summed E-state index contributed by atoms with van der Waals surface area (Å²) in [4.78, 5) is 18.7. The van der Waals surface area contributed by atoms with Crippen molar-refractivity contribution >= 4 is 5.91 Å². The molecule has 1 saturated heterocycles. The van der Waals surface area contributed by atoms with E-state index in [0.29, 0.717) is 11.5 Å². The molecule has 1 aliphatic heterocycles. The smallest absolute Gasteiger partial charge is 0.253 e. The van der Waals surface area contributed by atoms with Gasteiger partial charge in [0.1, 0.15) is 5.75 Å². The first kappa shape index (κ1) is 16.1. The molecule has 1 saturated carbocycles. The van der Waals surface area contributed by atoms with Crippen molar-refractivity contribution in [3.05, 3.63) is 59.9 Å². The van der Waals surface area contributed by atoms with Crippen LogP contribution < -0.4 is 4.74 Å². The van der Waals surface area contributed by atoms with E-state index in [1.54, 1.807) is 12.4 Å². The number of carbonyl (C=O) groups excluding carboxylic acids is 1. The summed E-state index contributed by atoms with van der Waals surface area (Å²) in [5, 5.41) is 0. The van der Waals surface area contributed by atoms with Gasteiger partial charge >= 0.3 is 0 Å². The van der Waals surface area contributed by atoms with Gasteiger partial charge < -0.3 is 9.64 Å². The lowest BCUT2D eigenvalue weighted by molar-refractivity contribution is -0.0509. The molecule has 1 amide bonds. The maximum Gasteiger partial charge on any atom is 0.253 e. The quantitative estimate of drug-likeness (QED) is 0.855. The first-order valence-electron chi connectivity index (χ1n) is 9.06. The standard InChI is InChI=1S/C21H24N2O2/c1-16-4-6-17(7-5-16)20(24)23-11-8-21(9-12-23)13-19(14-21)25-18-3-2-10-22-15-18/h2-7,10,15,19H,8-9,11-14H2,1H3. The van der Waals surface area contributed by atoms with Crippen LogP contribution in [0.1, 0.15) is 41.6 Å². The molecule has 4 nitrogen and oxygen atoms in total. The summed E-state index contributed by atoms with van der Waals surface area (Å²) in [6, 6.07) is 11.7. The minimum atomic E-state index is 0.164. The fraction of sp³-hybridized carbons (Fsp3) is 0.429. The molecule has 130 valence electrons. The van der Waals surface area contributed by atoms with Crippen molar-refractivity contribution in [2.75, 3.05) is 13.1 Å². The Morgan fingerprint density at radius 1 is 1.16 bits per heavy atom. The number of aryl methyl sites for hydroxylation is 1. The van der Waals surface area contributed by atoms with Gasteiger partial charge in [0.05, 0.1) is 12.3 Å². The molecule has 2 fully saturated rings. The van der Waals surface area contributed by atoms with E-state index in [4.69, 9.17) is 4.74 Å². The van der Waals surface area contributed by atoms with Gasteiger partial charge in [-0.1, -0.05) is 17.7 Å². The van der Waals surface area contributed by atoms with Crippen molar-refractivity contribution in [1.82, 2.24) is 9.88 Å². The highest BCUT2D eigenvalue weighted by atomic mass is 16.5. The van der Waals surface area contributed by atoms with E-state index in [-0.39, 0.29) is 5.91 Å². The van der Waals surface area contributed by atoms with Crippen molar-refractivity contribution in [2.45, 2.75) is 38.7 Å². The summed E-state index contributed by atoms with van der Waals surface area (Å²) in [7, 11) is 0. The van der Waals surface area contributed by atoms with Crippen LogP contribution in [0.15, 0.2) is 48.8 Å². The second-order valence-electron chi connectivity index (χ2n) is 7.50. The fourth-order valence-corrected chi connectivity index (χ4v) is 4.07. The number of ether oxygens (including phenoxy) is 1. The summed E-state index contributed by atoms with van der Waals surface area (Å²) >= 11 is 0. The third-order valence-electron chi connectivity index (χ3n) is 5.67. The van der Waals surface area contributed by atoms with Crippen LogP contribution in [0.25, 0.3) is 0 Å². The SMILES string of the molecule is Cc1ccc(C(=O)N2CCC3(CC2)CC(Oc2cccnc2)C3)cc1. The van der Waals surface area contributed by atoms with E-state index in [9.17, 15) is 4.79 Å². The average Bonchev–Trinajstić information content (AvgIpc) is 2.62. The van der Waals surface area contributed by atoms with Crippen molar-refractivity contribution in [3.63, 3.8) is 0 Å². The molecular weight excluding hydrogens is 312 g/mol. The van der Waals surface area contributed by atoms with E-state index in [1.807, 2.05) is 48.2 Å². The molecule has 0 unspecified atom stereocenters. The first-order valence-corrected chi connectivity index (χ1v) is 9.06. The summed E-state index contributed by atoms with van der Waals surface area (Å²) in [5.74, 6) is 1.02. The van der Waals surface area contributed by atoms with Crippen LogP contribution >= 0.6 is 0 Å². The molecule has 1 aromatic carbocycles. The number of piperidine rings is 1. The lowest BCUT2D eigenvalue weighted by atomic mass is 9.61. The summed E-state index contributed by atoms with van der Waals surface area (Å²) in [5.41, 5.74) is 2.35. The maximum atomic E-state index is 12.6. The molecule has 2 aliphatic rings. The first-order chi connectivity index (χ1) is 12.1. The van der Waals surface area contributed by atoms with E-state index < -0.39 is 0 Å². The zero-order valence-electron chi connectivity index (χ0n) is 14.6. The van der Waals surface area contributed by atoms with Crippen LogP contribution in [0, 0.1) is 12.3 Å². The van der Waals surface area contributed by atoms with Gasteiger partial charge in [-0.3, -0.25) is 9.78 Å². The summed E-state index contributed by atoms with van der Waals surface area (Å²) in [6.45, 7) is 3.75. The van der Waals surface area contributed by atoms with E-state index in [1.165, 1.54) is 5.56 Å². The Hall–Kier alpha value is -2.36. The molecule has 2 heterocycles. The zero-order chi connectivity index (χ0) is 17.3. The highest BCUT2D eigenvalue weighted by molar-refractivity contribution is 5.94. The number of rotatable bonds is 3. The monoisotopic (exact) mass is 336 g/mol. The van der Waals surface area contributed by atoms with Crippen LogP contribution in [0.4, 0.5) is 0 Å². The van der Waals surface area contributed by atoms with Gasteiger partial charge in [-0.15, -0.1) is 0 Å². The molecule has 0 bridgehead atoms. The fourth-order valence-electron chi connectivity index (χ4n) is 4.07. The maximum absolute atomic E-state index is 12.6. The lowest BCUT2D eigenvalue weighted by Gasteiger charge is -2.51. The van der Waals surface area contributed by atoms with Gasteiger partial charge in [-0.25, -0.2) is 0 Å². The molecule has 2 aromatic rings. The summed E-state index contributed by atoms with van der Waals surface area (Å²) < 4.78 is 5.99. The Morgan fingerprint density at radius 3 is 2.52 bits per heavy atom. The van der Waals surface area contributed by atoms with Crippen LogP contribution in [0.2, 0.25) is 0 Å². The molecule has 4 rings (SSSR count). The van der Waals surface area contributed by atoms with Gasteiger partial charge in [0, 0.05) is 24.8 Å². The highest BCUT2D eigenvalue weighted by Gasteiger charge is 2.47. The predicted octanol–water partition coefficient (Wildman–Crippen LogP) is 3.85. The Balaban J connectivity index is 1.29. The van der Waals surface area contributed by atoms with E-state index >= 15 is 0 Å².